The highest BCUT2D eigenvalue weighted by Gasteiger charge is 2.36. The first-order valence-electron chi connectivity index (χ1n) is 7.94. The summed E-state index contributed by atoms with van der Waals surface area (Å²) in [7, 11) is 5.28. The number of halogens is 3. The number of rotatable bonds is 6. The first-order chi connectivity index (χ1) is 12.2. The van der Waals surface area contributed by atoms with Crippen molar-refractivity contribution in [2.75, 3.05) is 25.5 Å². The van der Waals surface area contributed by atoms with E-state index in [9.17, 15) is 13.2 Å². The average molecular weight is 389 g/mol. The highest BCUT2D eigenvalue weighted by molar-refractivity contribution is 7.13. The zero-order valence-corrected chi connectivity index (χ0v) is 15.9. The van der Waals surface area contributed by atoms with Gasteiger partial charge in [0, 0.05) is 44.8 Å². The largest absolute Gasteiger partial charge is 0.435 e. The third-order valence-electron chi connectivity index (χ3n) is 3.28. The molecule has 11 heteroatoms. The Morgan fingerprint density at radius 2 is 2.08 bits per heavy atom. The summed E-state index contributed by atoms with van der Waals surface area (Å²) in [5, 5.41) is 12.4. The summed E-state index contributed by atoms with van der Waals surface area (Å²) in [5.41, 5.74) is -0.0443. The van der Waals surface area contributed by atoms with E-state index >= 15 is 0 Å². The van der Waals surface area contributed by atoms with E-state index in [1.807, 2.05) is 31.3 Å². The van der Waals surface area contributed by atoms with E-state index in [1.54, 1.807) is 0 Å². The van der Waals surface area contributed by atoms with Gasteiger partial charge in [0.05, 0.1) is 18.8 Å². The third kappa shape index (κ3) is 5.35. The fraction of sp³-hybridized carbons (Fsp3) is 0.533. The van der Waals surface area contributed by atoms with E-state index in [2.05, 4.69) is 25.7 Å². The minimum Gasteiger partial charge on any atom is -0.357 e. The minimum atomic E-state index is -4.50. The number of alkyl halides is 3. The molecule has 0 amide bonds. The SMILES string of the molecule is CCNC(=NCc1cn(C)nc1C(F)(F)F)NCc1csc(N(C)C)n1. The number of aryl methyl sites for hydroxylation is 1. The van der Waals surface area contributed by atoms with Crippen LogP contribution in [0.15, 0.2) is 16.6 Å². The molecular weight excluding hydrogens is 367 g/mol. The molecule has 2 aromatic heterocycles. The second-order valence-electron chi connectivity index (χ2n) is 5.74. The maximum absolute atomic E-state index is 13.0. The Balaban J connectivity index is 2.07. The van der Waals surface area contributed by atoms with Crippen molar-refractivity contribution in [2.45, 2.75) is 26.2 Å². The molecule has 0 bridgehead atoms. The van der Waals surface area contributed by atoms with Crippen LogP contribution in [0, 0.1) is 0 Å². The number of anilines is 1. The van der Waals surface area contributed by atoms with Gasteiger partial charge in [0.1, 0.15) is 0 Å². The standard InChI is InChI=1S/C15H22F3N7S/c1-5-19-13(21-7-11-9-26-14(22-11)24(2)3)20-6-10-8-25(4)23-12(10)15(16,17)18/h8-9H,5-7H2,1-4H3,(H2,19,20,21). The van der Waals surface area contributed by atoms with Crippen molar-refractivity contribution < 1.29 is 13.2 Å². The topological polar surface area (TPSA) is 70.4 Å². The summed E-state index contributed by atoms with van der Waals surface area (Å²) >= 11 is 1.52. The summed E-state index contributed by atoms with van der Waals surface area (Å²) < 4.78 is 40.2. The lowest BCUT2D eigenvalue weighted by Gasteiger charge is -2.11. The number of hydrogen-bond donors (Lipinski definition) is 2. The maximum atomic E-state index is 13.0. The fourth-order valence-corrected chi connectivity index (χ4v) is 2.91. The average Bonchev–Trinajstić information content (AvgIpc) is 3.16. The van der Waals surface area contributed by atoms with Crippen LogP contribution in [-0.4, -0.2) is 41.4 Å². The number of aromatic nitrogens is 3. The second-order valence-corrected chi connectivity index (χ2v) is 6.58. The first kappa shape index (κ1) is 20.0. The van der Waals surface area contributed by atoms with Crippen molar-refractivity contribution in [2.24, 2.45) is 12.0 Å². The zero-order chi connectivity index (χ0) is 19.3. The van der Waals surface area contributed by atoms with Crippen molar-refractivity contribution in [1.82, 2.24) is 25.4 Å². The number of nitrogens with one attached hydrogen (secondary N) is 2. The van der Waals surface area contributed by atoms with Gasteiger partial charge in [-0.15, -0.1) is 11.3 Å². The molecule has 7 nitrogen and oxygen atoms in total. The van der Waals surface area contributed by atoms with E-state index in [0.717, 1.165) is 15.5 Å². The Morgan fingerprint density at radius 1 is 1.35 bits per heavy atom. The molecule has 26 heavy (non-hydrogen) atoms. The van der Waals surface area contributed by atoms with Gasteiger partial charge in [0.15, 0.2) is 16.8 Å². The van der Waals surface area contributed by atoms with Gasteiger partial charge >= 0.3 is 6.18 Å². The molecular formula is C15H22F3N7S. The van der Waals surface area contributed by atoms with E-state index in [1.165, 1.54) is 24.6 Å². The molecule has 0 saturated heterocycles. The second kappa shape index (κ2) is 8.39. The van der Waals surface area contributed by atoms with Crippen molar-refractivity contribution >= 4 is 22.4 Å². The molecule has 2 rings (SSSR count). The van der Waals surface area contributed by atoms with Gasteiger partial charge in [-0.2, -0.15) is 18.3 Å². The van der Waals surface area contributed by atoms with Crippen LogP contribution in [0.2, 0.25) is 0 Å². The van der Waals surface area contributed by atoms with Gasteiger partial charge in [-0.25, -0.2) is 9.98 Å². The van der Waals surface area contributed by atoms with Crippen molar-refractivity contribution in [3.8, 4) is 0 Å². The van der Waals surface area contributed by atoms with E-state index in [-0.39, 0.29) is 12.1 Å². The summed E-state index contributed by atoms with van der Waals surface area (Å²) in [5.74, 6) is 0.420. The Bertz CT molecular complexity index is 749. The van der Waals surface area contributed by atoms with Gasteiger partial charge in [0.25, 0.3) is 0 Å². The highest BCUT2D eigenvalue weighted by atomic mass is 32.1. The summed E-state index contributed by atoms with van der Waals surface area (Å²) in [6.45, 7) is 2.77. The van der Waals surface area contributed by atoms with Gasteiger partial charge in [0.2, 0.25) is 0 Å². The van der Waals surface area contributed by atoms with Crippen molar-refractivity contribution in [3.05, 3.63) is 28.5 Å². The number of thiazole rings is 1. The van der Waals surface area contributed by atoms with Gasteiger partial charge < -0.3 is 15.5 Å². The van der Waals surface area contributed by atoms with Crippen molar-refractivity contribution in [3.63, 3.8) is 0 Å². The predicted molar refractivity (Wildman–Crippen MR) is 96.3 cm³/mol. The predicted octanol–water partition coefficient (Wildman–Crippen LogP) is 2.22. The number of guanidine groups is 1. The van der Waals surface area contributed by atoms with E-state index in [0.29, 0.717) is 19.0 Å². The van der Waals surface area contributed by atoms with Gasteiger partial charge in [-0.1, -0.05) is 0 Å². The number of hydrogen-bond acceptors (Lipinski definition) is 5. The minimum absolute atomic E-state index is 0.0285. The normalized spacial score (nSPS) is 12.3. The lowest BCUT2D eigenvalue weighted by Crippen LogP contribution is -2.36. The highest BCUT2D eigenvalue weighted by Crippen LogP contribution is 2.30. The molecule has 2 aromatic rings. The molecule has 0 spiro atoms. The molecule has 0 aliphatic heterocycles. The lowest BCUT2D eigenvalue weighted by atomic mass is 10.2. The van der Waals surface area contributed by atoms with E-state index < -0.39 is 11.9 Å². The maximum Gasteiger partial charge on any atom is 0.435 e. The molecule has 0 aromatic carbocycles. The van der Waals surface area contributed by atoms with Crippen LogP contribution in [-0.2, 0) is 26.3 Å². The van der Waals surface area contributed by atoms with Gasteiger partial charge in [-0.3, -0.25) is 4.68 Å². The Morgan fingerprint density at radius 3 is 2.65 bits per heavy atom. The van der Waals surface area contributed by atoms with Crippen molar-refractivity contribution in [1.29, 1.82) is 0 Å². The molecule has 0 atom stereocenters. The molecule has 0 saturated carbocycles. The number of aliphatic imine (C=N–C) groups is 1. The van der Waals surface area contributed by atoms with Crippen LogP contribution >= 0.6 is 11.3 Å². The van der Waals surface area contributed by atoms with Crippen LogP contribution in [0.3, 0.4) is 0 Å². The molecule has 2 N–H and O–H groups in total. The Kier molecular flexibility index (Phi) is 6.46. The van der Waals surface area contributed by atoms with Crippen LogP contribution in [0.1, 0.15) is 23.9 Å². The van der Waals surface area contributed by atoms with Crippen LogP contribution in [0.4, 0.5) is 18.3 Å². The molecule has 144 valence electrons. The van der Waals surface area contributed by atoms with E-state index in [4.69, 9.17) is 0 Å². The summed E-state index contributed by atoms with van der Waals surface area (Å²) in [4.78, 5) is 10.6. The lowest BCUT2D eigenvalue weighted by molar-refractivity contribution is -0.142. The molecule has 2 heterocycles. The van der Waals surface area contributed by atoms with Crippen LogP contribution in [0.25, 0.3) is 0 Å². The third-order valence-corrected chi connectivity index (χ3v) is 4.34. The van der Waals surface area contributed by atoms with Gasteiger partial charge in [-0.05, 0) is 6.92 Å². The zero-order valence-electron chi connectivity index (χ0n) is 15.1. The van der Waals surface area contributed by atoms with Crippen LogP contribution < -0.4 is 15.5 Å². The number of nitrogens with zero attached hydrogens (tertiary/aromatic N) is 5. The Hall–Kier alpha value is -2.30. The molecule has 0 radical (unpaired) electrons. The smallest absolute Gasteiger partial charge is 0.357 e. The van der Waals surface area contributed by atoms with Crippen LogP contribution in [0.5, 0.6) is 0 Å². The summed E-state index contributed by atoms with van der Waals surface area (Å²) in [6, 6.07) is 0. The first-order valence-corrected chi connectivity index (χ1v) is 8.82. The molecule has 0 unspecified atom stereocenters. The molecule has 0 aliphatic rings. The molecule has 0 aliphatic carbocycles. The quantitative estimate of drug-likeness (QED) is 0.586. The molecule has 0 fully saturated rings. The monoisotopic (exact) mass is 389 g/mol. The summed E-state index contributed by atoms with van der Waals surface area (Å²) in [6.07, 6.45) is -3.17. The Labute approximate surface area is 153 Å². The fourth-order valence-electron chi connectivity index (χ4n) is 2.16.